The second-order valence-corrected chi connectivity index (χ2v) is 6.84. The number of rotatable bonds is 6. The molecule has 22 heavy (non-hydrogen) atoms. The summed E-state index contributed by atoms with van der Waals surface area (Å²) in [5, 5.41) is 3.70. The van der Waals surface area contributed by atoms with Gasteiger partial charge in [0.2, 0.25) is 15.9 Å². The van der Waals surface area contributed by atoms with Crippen LogP contribution in [0.3, 0.4) is 0 Å². The molecular weight excluding hydrogens is 302 g/mol. The largest absolute Gasteiger partial charge is 0.351 e. The molecule has 0 unspecified atom stereocenters. The van der Waals surface area contributed by atoms with Crippen molar-refractivity contribution in [2.24, 2.45) is 7.05 Å². The van der Waals surface area contributed by atoms with E-state index in [1.807, 2.05) is 42.1 Å². The molecule has 6 nitrogen and oxygen atoms in total. The van der Waals surface area contributed by atoms with Crippen molar-refractivity contribution in [3.05, 3.63) is 42.1 Å². The van der Waals surface area contributed by atoms with Crippen molar-refractivity contribution in [1.29, 1.82) is 0 Å². The third kappa shape index (κ3) is 4.44. The van der Waals surface area contributed by atoms with Gasteiger partial charge in [-0.1, -0.05) is 18.2 Å². The number of fused-ring (bicyclic) bond motifs is 1. The predicted molar refractivity (Wildman–Crippen MR) is 87.8 cm³/mol. The SMILES string of the molecule is Cn1cc(/C=C/C(=O)NCCNS(C)(=O)=O)c2ccccc21. The molecule has 0 aliphatic heterocycles. The van der Waals surface area contributed by atoms with Gasteiger partial charge < -0.3 is 9.88 Å². The van der Waals surface area contributed by atoms with E-state index in [2.05, 4.69) is 10.0 Å². The summed E-state index contributed by atoms with van der Waals surface area (Å²) in [5.74, 6) is -0.261. The van der Waals surface area contributed by atoms with Crippen molar-refractivity contribution >= 4 is 32.9 Å². The van der Waals surface area contributed by atoms with Crippen LogP contribution in [0.15, 0.2) is 36.5 Å². The highest BCUT2D eigenvalue weighted by Gasteiger charge is 2.04. The first-order valence-electron chi connectivity index (χ1n) is 6.81. The summed E-state index contributed by atoms with van der Waals surface area (Å²) in [7, 11) is -1.27. The zero-order chi connectivity index (χ0) is 16.2. The summed E-state index contributed by atoms with van der Waals surface area (Å²) in [6.07, 6.45) is 6.23. The van der Waals surface area contributed by atoms with Crippen molar-refractivity contribution in [3.8, 4) is 0 Å². The Kier molecular flexibility index (Phi) is 4.99. The van der Waals surface area contributed by atoms with Gasteiger partial charge in [0.05, 0.1) is 6.26 Å². The highest BCUT2D eigenvalue weighted by molar-refractivity contribution is 7.88. The number of carbonyl (C=O) groups excluding carboxylic acids is 1. The van der Waals surface area contributed by atoms with E-state index < -0.39 is 10.0 Å². The van der Waals surface area contributed by atoms with Crippen LogP contribution in [0.2, 0.25) is 0 Å². The zero-order valence-electron chi connectivity index (χ0n) is 12.5. The van der Waals surface area contributed by atoms with E-state index in [-0.39, 0.29) is 19.0 Å². The standard InChI is InChI=1S/C15H19N3O3S/c1-18-11-12(13-5-3-4-6-14(13)18)7-8-15(19)16-9-10-17-22(2,20)21/h3-8,11,17H,9-10H2,1-2H3,(H,16,19)/b8-7+. The van der Waals surface area contributed by atoms with Crippen LogP contribution in [-0.4, -0.2) is 38.2 Å². The molecule has 1 aromatic carbocycles. The summed E-state index contributed by atoms with van der Waals surface area (Å²) in [5.41, 5.74) is 2.06. The smallest absolute Gasteiger partial charge is 0.244 e. The minimum atomic E-state index is -3.22. The second-order valence-electron chi connectivity index (χ2n) is 5.00. The number of nitrogens with one attached hydrogen (secondary N) is 2. The average Bonchev–Trinajstić information content (AvgIpc) is 2.78. The van der Waals surface area contributed by atoms with E-state index in [4.69, 9.17) is 0 Å². The molecule has 1 heterocycles. The van der Waals surface area contributed by atoms with Gasteiger partial charge in [0.15, 0.2) is 0 Å². The van der Waals surface area contributed by atoms with Gasteiger partial charge >= 0.3 is 0 Å². The number of aromatic nitrogens is 1. The number of benzene rings is 1. The number of hydrogen-bond acceptors (Lipinski definition) is 3. The van der Waals surface area contributed by atoms with Crippen LogP contribution in [0, 0.1) is 0 Å². The van der Waals surface area contributed by atoms with Gasteiger partial charge in [0.25, 0.3) is 0 Å². The maximum atomic E-state index is 11.7. The number of aryl methyl sites for hydroxylation is 1. The quantitative estimate of drug-likeness (QED) is 0.612. The number of amides is 1. The predicted octanol–water partition coefficient (Wildman–Crippen LogP) is 0.857. The summed E-state index contributed by atoms with van der Waals surface area (Å²) >= 11 is 0. The molecule has 0 aliphatic carbocycles. The van der Waals surface area contributed by atoms with E-state index in [0.29, 0.717) is 0 Å². The maximum Gasteiger partial charge on any atom is 0.244 e. The summed E-state index contributed by atoms with van der Waals surface area (Å²) in [6, 6.07) is 7.94. The van der Waals surface area contributed by atoms with Crippen LogP contribution < -0.4 is 10.0 Å². The van der Waals surface area contributed by atoms with Crippen LogP contribution in [0.25, 0.3) is 17.0 Å². The van der Waals surface area contributed by atoms with Crippen molar-refractivity contribution in [3.63, 3.8) is 0 Å². The highest BCUT2D eigenvalue weighted by Crippen LogP contribution is 2.21. The lowest BCUT2D eigenvalue weighted by Gasteiger charge is -2.02. The van der Waals surface area contributed by atoms with Crippen molar-refractivity contribution in [2.45, 2.75) is 0 Å². The average molecular weight is 321 g/mol. The number of sulfonamides is 1. The molecular formula is C15H19N3O3S. The van der Waals surface area contributed by atoms with E-state index >= 15 is 0 Å². The summed E-state index contributed by atoms with van der Waals surface area (Å²) in [6.45, 7) is 0.415. The molecule has 0 saturated carbocycles. The minimum Gasteiger partial charge on any atom is -0.351 e. The lowest BCUT2D eigenvalue weighted by atomic mass is 10.1. The monoisotopic (exact) mass is 321 g/mol. The van der Waals surface area contributed by atoms with Gasteiger partial charge in [-0.05, 0) is 12.1 Å². The summed E-state index contributed by atoms with van der Waals surface area (Å²) < 4.78 is 26.1. The fraction of sp³-hybridized carbons (Fsp3) is 0.267. The molecule has 0 fully saturated rings. The van der Waals surface area contributed by atoms with Gasteiger partial charge in [-0.15, -0.1) is 0 Å². The molecule has 1 amide bonds. The third-order valence-electron chi connectivity index (χ3n) is 3.13. The van der Waals surface area contributed by atoms with Crippen molar-refractivity contribution in [1.82, 2.24) is 14.6 Å². The van der Waals surface area contributed by atoms with E-state index in [1.54, 1.807) is 6.08 Å². The molecule has 0 aliphatic rings. The van der Waals surface area contributed by atoms with Crippen LogP contribution in [0.5, 0.6) is 0 Å². The first-order chi connectivity index (χ1) is 10.4. The Hall–Kier alpha value is -2.12. The Bertz CT molecular complexity index is 807. The van der Waals surface area contributed by atoms with Crippen molar-refractivity contribution in [2.75, 3.05) is 19.3 Å². The highest BCUT2D eigenvalue weighted by atomic mass is 32.2. The van der Waals surface area contributed by atoms with Gasteiger partial charge in [-0.25, -0.2) is 13.1 Å². The first-order valence-corrected chi connectivity index (χ1v) is 8.70. The second kappa shape index (κ2) is 6.76. The zero-order valence-corrected chi connectivity index (χ0v) is 13.4. The lowest BCUT2D eigenvalue weighted by Crippen LogP contribution is -2.33. The fourth-order valence-corrected chi connectivity index (χ4v) is 2.63. The third-order valence-corrected chi connectivity index (χ3v) is 3.86. The van der Waals surface area contributed by atoms with E-state index in [9.17, 15) is 13.2 Å². The van der Waals surface area contributed by atoms with Crippen LogP contribution in [-0.2, 0) is 21.9 Å². The molecule has 0 saturated heterocycles. The molecule has 2 N–H and O–H groups in total. The van der Waals surface area contributed by atoms with Gasteiger partial charge in [0.1, 0.15) is 0 Å². The molecule has 0 radical (unpaired) electrons. The molecule has 2 aromatic rings. The summed E-state index contributed by atoms with van der Waals surface area (Å²) in [4.78, 5) is 11.7. The Labute approximate surface area is 129 Å². The minimum absolute atomic E-state index is 0.173. The van der Waals surface area contributed by atoms with E-state index in [1.165, 1.54) is 6.08 Å². The van der Waals surface area contributed by atoms with Gasteiger partial charge in [-0.2, -0.15) is 0 Å². The Morgan fingerprint density at radius 3 is 2.73 bits per heavy atom. The number of hydrogen-bond donors (Lipinski definition) is 2. The van der Waals surface area contributed by atoms with Crippen LogP contribution >= 0.6 is 0 Å². The van der Waals surface area contributed by atoms with Crippen LogP contribution in [0.1, 0.15) is 5.56 Å². The molecule has 0 bridgehead atoms. The van der Waals surface area contributed by atoms with Crippen LogP contribution in [0.4, 0.5) is 0 Å². The Balaban J connectivity index is 1.94. The molecule has 0 atom stereocenters. The lowest BCUT2D eigenvalue weighted by molar-refractivity contribution is -0.116. The normalized spacial score (nSPS) is 12.1. The number of para-hydroxylation sites is 1. The maximum absolute atomic E-state index is 11.7. The number of carbonyl (C=O) groups is 1. The van der Waals surface area contributed by atoms with Crippen molar-refractivity contribution < 1.29 is 13.2 Å². The molecule has 2 rings (SSSR count). The van der Waals surface area contributed by atoms with Gasteiger partial charge in [-0.3, -0.25) is 4.79 Å². The Morgan fingerprint density at radius 1 is 1.27 bits per heavy atom. The molecule has 7 heteroatoms. The van der Waals surface area contributed by atoms with E-state index in [0.717, 1.165) is 22.7 Å². The number of nitrogens with zero attached hydrogens (tertiary/aromatic N) is 1. The topological polar surface area (TPSA) is 80.2 Å². The molecule has 118 valence electrons. The Morgan fingerprint density at radius 2 is 2.00 bits per heavy atom. The first kappa shape index (κ1) is 16.3. The van der Waals surface area contributed by atoms with Gasteiger partial charge in [0, 0.05) is 48.9 Å². The fourth-order valence-electron chi connectivity index (χ4n) is 2.15. The molecule has 1 aromatic heterocycles. The molecule has 0 spiro atoms.